The molecule has 2 atom stereocenters. The molecule has 2 aromatic rings. The van der Waals surface area contributed by atoms with Gasteiger partial charge in [0.1, 0.15) is 0 Å². The maximum atomic E-state index is 13.8. The van der Waals surface area contributed by atoms with Gasteiger partial charge in [0, 0.05) is 55.8 Å². The molecule has 8 heteroatoms. The van der Waals surface area contributed by atoms with E-state index in [4.69, 9.17) is 0 Å². The van der Waals surface area contributed by atoms with Crippen molar-refractivity contribution in [2.24, 2.45) is 11.3 Å². The van der Waals surface area contributed by atoms with E-state index >= 15 is 0 Å². The third-order valence-electron chi connectivity index (χ3n) is 9.71. The zero-order valence-electron chi connectivity index (χ0n) is 21.6. The van der Waals surface area contributed by atoms with Crippen LogP contribution < -0.4 is 10.9 Å². The Morgan fingerprint density at radius 2 is 1.86 bits per heavy atom. The number of aliphatic hydroxyl groups is 1. The Labute approximate surface area is 218 Å². The molecule has 2 aliphatic heterocycles. The second kappa shape index (κ2) is 9.87. The van der Waals surface area contributed by atoms with Crippen LogP contribution >= 0.6 is 0 Å². The number of hydrogen-bond acceptors (Lipinski definition) is 5. The van der Waals surface area contributed by atoms with Gasteiger partial charge in [0.05, 0.1) is 24.2 Å². The molecule has 2 saturated carbocycles. The molecule has 0 radical (unpaired) electrons. The normalized spacial score (nSPS) is 27.9. The van der Waals surface area contributed by atoms with Crippen molar-refractivity contribution in [2.45, 2.75) is 69.6 Å². The molecule has 3 heterocycles. The Kier molecular flexibility index (Phi) is 6.57. The summed E-state index contributed by atoms with van der Waals surface area (Å²) in [7, 11) is 0. The Morgan fingerprint density at radius 3 is 2.57 bits per heavy atom. The highest BCUT2D eigenvalue weighted by Crippen LogP contribution is 2.51. The third kappa shape index (κ3) is 4.48. The van der Waals surface area contributed by atoms with E-state index < -0.39 is 11.0 Å². The fraction of sp³-hybridized carbons (Fsp3) is 0.621. The van der Waals surface area contributed by atoms with Crippen molar-refractivity contribution in [1.82, 2.24) is 24.7 Å². The van der Waals surface area contributed by atoms with Gasteiger partial charge in [-0.1, -0.05) is 49.6 Å². The summed E-state index contributed by atoms with van der Waals surface area (Å²) in [6.07, 6.45) is 9.60. The molecule has 4 aliphatic rings. The standard InChI is InChI=1S/C29H39N5O3/c35-26-17-24(22-7-2-1-3-8-22)31-21-33(26)20-29(37)13-15-32(19-28(29)11-4-5-12-28)27(36)34-16-14-30-18-25(34)23-9-6-10-23/h1-3,7-8,17,21,23,25,30,37H,4-6,9-16,18-20H2. The number of carbonyl (C=O) groups excluding carboxylic acids is 1. The molecule has 4 fully saturated rings. The van der Waals surface area contributed by atoms with Crippen LogP contribution in [0.15, 0.2) is 47.5 Å². The summed E-state index contributed by atoms with van der Waals surface area (Å²) in [4.78, 5) is 35.6. The lowest BCUT2D eigenvalue weighted by Gasteiger charge is -2.54. The first-order chi connectivity index (χ1) is 18.0. The monoisotopic (exact) mass is 505 g/mol. The fourth-order valence-electron chi connectivity index (χ4n) is 7.25. The molecule has 2 unspecified atom stereocenters. The molecule has 1 spiro atoms. The van der Waals surface area contributed by atoms with E-state index in [1.807, 2.05) is 35.2 Å². The van der Waals surface area contributed by atoms with Crippen LogP contribution in [0.1, 0.15) is 51.4 Å². The molecule has 2 saturated heterocycles. The molecule has 1 aromatic heterocycles. The van der Waals surface area contributed by atoms with E-state index in [1.165, 1.54) is 19.3 Å². The molecule has 2 amide bonds. The molecule has 0 bridgehead atoms. The minimum absolute atomic E-state index is 0.137. The first-order valence-corrected chi connectivity index (χ1v) is 14.1. The molecule has 1 aromatic carbocycles. The molecule has 37 heavy (non-hydrogen) atoms. The zero-order chi connectivity index (χ0) is 25.5. The van der Waals surface area contributed by atoms with Crippen molar-refractivity contribution in [1.29, 1.82) is 0 Å². The fourth-order valence-corrected chi connectivity index (χ4v) is 7.25. The van der Waals surface area contributed by atoms with E-state index in [0.29, 0.717) is 31.1 Å². The van der Waals surface area contributed by atoms with Gasteiger partial charge in [-0.2, -0.15) is 0 Å². The van der Waals surface area contributed by atoms with Gasteiger partial charge in [0.2, 0.25) is 0 Å². The van der Waals surface area contributed by atoms with E-state index in [-0.39, 0.29) is 24.2 Å². The van der Waals surface area contributed by atoms with Crippen LogP contribution in [0.2, 0.25) is 0 Å². The number of piperidine rings is 1. The highest BCUT2D eigenvalue weighted by atomic mass is 16.3. The Hall–Kier alpha value is -2.71. The van der Waals surface area contributed by atoms with Crippen molar-refractivity contribution < 1.29 is 9.90 Å². The number of piperazine rings is 1. The zero-order valence-corrected chi connectivity index (χ0v) is 21.6. The van der Waals surface area contributed by atoms with Gasteiger partial charge in [0.15, 0.2) is 0 Å². The topological polar surface area (TPSA) is 90.7 Å². The van der Waals surface area contributed by atoms with Crippen LogP contribution in [0.4, 0.5) is 4.79 Å². The number of likely N-dealkylation sites (tertiary alicyclic amines) is 1. The van der Waals surface area contributed by atoms with Crippen molar-refractivity contribution in [3.63, 3.8) is 0 Å². The number of nitrogens with zero attached hydrogens (tertiary/aromatic N) is 4. The predicted octanol–water partition coefficient (Wildman–Crippen LogP) is 3.10. The molecular weight excluding hydrogens is 466 g/mol. The highest BCUT2D eigenvalue weighted by molar-refractivity contribution is 5.75. The average molecular weight is 506 g/mol. The lowest BCUT2D eigenvalue weighted by atomic mass is 9.66. The van der Waals surface area contributed by atoms with Crippen LogP contribution in [0.5, 0.6) is 0 Å². The molecule has 6 rings (SSSR count). The number of hydrogen-bond donors (Lipinski definition) is 2. The smallest absolute Gasteiger partial charge is 0.320 e. The van der Waals surface area contributed by atoms with Crippen LogP contribution in [0.25, 0.3) is 11.3 Å². The molecule has 2 aliphatic carbocycles. The summed E-state index contributed by atoms with van der Waals surface area (Å²) in [5, 5.41) is 15.6. The van der Waals surface area contributed by atoms with Crippen molar-refractivity contribution in [3.8, 4) is 11.3 Å². The van der Waals surface area contributed by atoms with Crippen LogP contribution in [0.3, 0.4) is 0 Å². The second-order valence-electron chi connectivity index (χ2n) is 11.7. The number of aromatic nitrogens is 2. The highest BCUT2D eigenvalue weighted by Gasteiger charge is 2.56. The Bertz CT molecular complexity index is 1170. The van der Waals surface area contributed by atoms with Crippen LogP contribution in [-0.2, 0) is 6.54 Å². The first-order valence-electron chi connectivity index (χ1n) is 14.1. The van der Waals surface area contributed by atoms with E-state index in [1.54, 1.807) is 17.0 Å². The number of amides is 2. The van der Waals surface area contributed by atoms with E-state index in [9.17, 15) is 14.7 Å². The molecule has 8 nitrogen and oxygen atoms in total. The number of benzene rings is 1. The first kappa shape index (κ1) is 24.6. The SMILES string of the molecule is O=C(N1CCC(O)(Cn2cnc(-c3ccccc3)cc2=O)C2(CCCC2)C1)N1CCNCC1C1CCC1. The van der Waals surface area contributed by atoms with Gasteiger partial charge in [-0.15, -0.1) is 0 Å². The summed E-state index contributed by atoms with van der Waals surface area (Å²) in [6, 6.07) is 11.7. The van der Waals surface area contributed by atoms with Crippen LogP contribution in [0, 0.1) is 11.3 Å². The number of nitrogens with one attached hydrogen (secondary N) is 1. The van der Waals surface area contributed by atoms with Gasteiger partial charge < -0.3 is 20.2 Å². The summed E-state index contributed by atoms with van der Waals surface area (Å²) < 4.78 is 1.56. The maximum Gasteiger partial charge on any atom is 0.320 e. The van der Waals surface area contributed by atoms with Gasteiger partial charge in [-0.25, -0.2) is 9.78 Å². The Balaban J connectivity index is 1.21. The van der Waals surface area contributed by atoms with Crippen molar-refractivity contribution in [2.75, 3.05) is 32.7 Å². The largest absolute Gasteiger partial charge is 0.387 e. The minimum Gasteiger partial charge on any atom is -0.387 e. The summed E-state index contributed by atoms with van der Waals surface area (Å²) >= 11 is 0. The number of urea groups is 1. The minimum atomic E-state index is -1.04. The quantitative estimate of drug-likeness (QED) is 0.667. The third-order valence-corrected chi connectivity index (χ3v) is 9.71. The van der Waals surface area contributed by atoms with E-state index in [2.05, 4.69) is 15.2 Å². The number of carbonyl (C=O) groups is 1. The van der Waals surface area contributed by atoms with Gasteiger partial charge in [0.25, 0.3) is 5.56 Å². The summed E-state index contributed by atoms with van der Waals surface area (Å²) in [5.41, 5.74) is -0.0485. The second-order valence-corrected chi connectivity index (χ2v) is 11.7. The van der Waals surface area contributed by atoms with Crippen molar-refractivity contribution >= 4 is 6.03 Å². The molecule has 2 N–H and O–H groups in total. The summed E-state index contributed by atoms with van der Waals surface area (Å²) in [5.74, 6) is 0.608. The van der Waals surface area contributed by atoms with E-state index in [0.717, 1.165) is 50.9 Å². The molecule has 198 valence electrons. The summed E-state index contributed by atoms with van der Waals surface area (Å²) in [6.45, 7) is 3.77. The van der Waals surface area contributed by atoms with Gasteiger partial charge in [-0.3, -0.25) is 9.36 Å². The molecular formula is C29H39N5O3. The number of rotatable bonds is 4. The van der Waals surface area contributed by atoms with Gasteiger partial charge >= 0.3 is 6.03 Å². The lowest BCUT2D eigenvalue weighted by molar-refractivity contribution is -0.137. The average Bonchev–Trinajstić information content (AvgIpc) is 3.36. The maximum absolute atomic E-state index is 13.8. The predicted molar refractivity (Wildman–Crippen MR) is 142 cm³/mol. The van der Waals surface area contributed by atoms with Crippen LogP contribution in [-0.4, -0.2) is 74.9 Å². The Morgan fingerprint density at radius 1 is 1.08 bits per heavy atom. The van der Waals surface area contributed by atoms with Crippen molar-refractivity contribution in [3.05, 3.63) is 53.1 Å². The lowest BCUT2D eigenvalue weighted by Crippen LogP contribution is -2.66. The van der Waals surface area contributed by atoms with Gasteiger partial charge in [-0.05, 0) is 38.0 Å².